The third-order valence-corrected chi connectivity index (χ3v) is 8.58. The van der Waals surface area contributed by atoms with Gasteiger partial charge in [0.1, 0.15) is 0 Å². The lowest BCUT2D eigenvalue weighted by atomic mass is 9.49. The topological polar surface area (TPSA) is 40.6 Å². The van der Waals surface area contributed by atoms with Gasteiger partial charge in [0.15, 0.2) is 0 Å². The van der Waals surface area contributed by atoms with E-state index in [9.17, 15) is 9.59 Å². The van der Waals surface area contributed by atoms with Gasteiger partial charge in [0.05, 0.1) is 5.41 Å². The molecular formula is C28H32N2O2. The van der Waals surface area contributed by atoms with E-state index in [1.807, 2.05) is 47.4 Å². The number of carbonyl (C=O) groups is 2. The maximum atomic E-state index is 13.6. The molecule has 4 saturated carbocycles. The van der Waals surface area contributed by atoms with Crippen molar-refractivity contribution in [3.63, 3.8) is 0 Å². The van der Waals surface area contributed by atoms with Gasteiger partial charge >= 0.3 is 0 Å². The van der Waals surface area contributed by atoms with Crippen molar-refractivity contribution >= 4 is 11.8 Å². The molecule has 0 atom stereocenters. The zero-order valence-electron chi connectivity index (χ0n) is 18.7. The minimum Gasteiger partial charge on any atom is -0.339 e. The fourth-order valence-corrected chi connectivity index (χ4v) is 7.44. The lowest BCUT2D eigenvalue weighted by Crippen LogP contribution is -2.58. The molecule has 0 aromatic heterocycles. The van der Waals surface area contributed by atoms with E-state index in [2.05, 4.69) is 17.0 Å². The van der Waals surface area contributed by atoms with Crippen molar-refractivity contribution in [2.24, 2.45) is 23.2 Å². The first-order valence-electron chi connectivity index (χ1n) is 12.3. The highest BCUT2D eigenvalue weighted by Gasteiger charge is 2.55. The van der Waals surface area contributed by atoms with Gasteiger partial charge in [0, 0.05) is 31.7 Å². The molecule has 4 aliphatic carbocycles. The van der Waals surface area contributed by atoms with Crippen molar-refractivity contribution in [2.75, 3.05) is 26.2 Å². The summed E-state index contributed by atoms with van der Waals surface area (Å²) in [6, 6.07) is 18.1. The Morgan fingerprint density at radius 1 is 0.656 bits per heavy atom. The van der Waals surface area contributed by atoms with Gasteiger partial charge < -0.3 is 9.80 Å². The Bertz CT molecular complexity index is 970. The Morgan fingerprint density at radius 3 is 1.72 bits per heavy atom. The summed E-state index contributed by atoms with van der Waals surface area (Å²) in [5.74, 6) is 2.83. The van der Waals surface area contributed by atoms with Crippen LogP contribution in [-0.4, -0.2) is 47.8 Å². The number of carbonyl (C=O) groups excluding carboxylic acids is 2. The molecule has 2 aromatic carbocycles. The lowest BCUT2D eigenvalue weighted by molar-refractivity contribution is -0.159. The van der Waals surface area contributed by atoms with Crippen molar-refractivity contribution in [1.29, 1.82) is 0 Å². The van der Waals surface area contributed by atoms with E-state index in [1.54, 1.807) is 0 Å². The molecule has 32 heavy (non-hydrogen) atoms. The highest BCUT2D eigenvalue weighted by molar-refractivity contribution is 5.95. The van der Waals surface area contributed by atoms with Crippen molar-refractivity contribution in [3.05, 3.63) is 60.2 Å². The van der Waals surface area contributed by atoms with Crippen LogP contribution in [0.15, 0.2) is 54.6 Å². The van der Waals surface area contributed by atoms with Gasteiger partial charge in [0.2, 0.25) is 5.91 Å². The van der Waals surface area contributed by atoms with E-state index in [1.165, 1.54) is 19.3 Å². The molecule has 166 valence electrons. The lowest BCUT2D eigenvalue weighted by Gasteiger charge is -2.57. The highest BCUT2D eigenvalue weighted by atomic mass is 16.2. The molecule has 5 fully saturated rings. The molecule has 1 aliphatic heterocycles. The molecule has 7 rings (SSSR count). The van der Waals surface area contributed by atoms with Crippen LogP contribution in [0.5, 0.6) is 0 Å². The fourth-order valence-electron chi connectivity index (χ4n) is 7.44. The van der Waals surface area contributed by atoms with Crippen LogP contribution in [-0.2, 0) is 4.79 Å². The highest BCUT2D eigenvalue weighted by Crippen LogP contribution is 2.60. The van der Waals surface area contributed by atoms with E-state index >= 15 is 0 Å². The van der Waals surface area contributed by atoms with Crippen molar-refractivity contribution in [2.45, 2.75) is 38.5 Å². The van der Waals surface area contributed by atoms with Gasteiger partial charge in [-0.3, -0.25) is 9.59 Å². The molecule has 4 bridgehead atoms. The average Bonchev–Trinajstić information content (AvgIpc) is 2.83. The van der Waals surface area contributed by atoms with E-state index in [0.29, 0.717) is 32.1 Å². The predicted octanol–water partition coefficient (Wildman–Crippen LogP) is 4.85. The van der Waals surface area contributed by atoms with Crippen LogP contribution >= 0.6 is 0 Å². The van der Waals surface area contributed by atoms with E-state index in [4.69, 9.17) is 0 Å². The number of benzene rings is 2. The molecule has 0 unspecified atom stereocenters. The van der Waals surface area contributed by atoms with Crippen LogP contribution in [0.4, 0.5) is 0 Å². The predicted molar refractivity (Wildman–Crippen MR) is 125 cm³/mol. The molecule has 5 aliphatic rings. The third-order valence-electron chi connectivity index (χ3n) is 8.58. The van der Waals surface area contributed by atoms with Gasteiger partial charge in [-0.05, 0) is 79.5 Å². The smallest absolute Gasteiger partial charge is 0.253 e. The van der Waals surface area contributed by atoms with Crippen LogP contribution in [0.25, 0.3) is 11.1 Å². The van der Waals surface area contributed by atoms with Crippen molar-refractivity contribution in [1.82, 2.24) is 9.80 Å². The van der Waals surface area contributed by atoms with Crippen LogP contribution in [0, 0.1) is 23.2 Å². The number of rotatable bonds is 3. The standard InChI is InChI=1S/C28H32N2O2/c31-26(25-8-6-24(7-9-25)23-4-2-1-3-5-23)29-10-12-30(13-11-29)27(32)28-17-20-14-21(18-28)16-22(15-20)19-28/h1-9,20-22H,10-19H2. The minimum absolute atomic E-state index is 0.0752. The molecular weight excluding hydrogens is 396 g/mol. The quantitative estimate of drug-likeness (QED) is 0.701. The Balaban J connectivity index is 1.09. The Morgan fingerprint density at radius 2 is 1.16 bits per heavy atom. The molecule has 0 spiro atoms. The molecule has 1 saturated heterocycles. The fraction of sp³-hybridized carbons (Fsp3) is 0.500. The second-order valence-corrected chi connectivity index (χ2v) is 10.7. The summed E-state index contributed by atoms with van der Waals surface area (Å²) in [6.07, 6.45) is 7.42. The Kier molecular flexibility index (Phi) is 4.85. The van der Waals surface area contributed by atoms with Gasteiger partial charge in [-0.25, -0.2) is 0 Å². The number of piperazine rings is 1. The molecule has 4 heteroatoms. The summed E-state index contributed by atoms with van der Waals surface area (Å²) < 4.78 is 0. The summed E-state index contributed by atoms with van der Waals surface area (Å²) in [5.41, 5.74) is 2.93. The molecule has 1 heterocycles. The Labute approximate surface area is 190 Å². The van der Waals surface area contributed by atoms with Gasteiger partial charge in [-0.2, -0.15) is 0 Å². The first-order valence-corrected chi connectivity index (χ1v) is 12.3. The molecule has 0 radical (unpaired) electrons. The van der Waals surface area contributed by atoms with Gasteiger partial charge in [-0.15, -0.1) is 0 Å². The summed E-state index contributed by atoms with van der Waals surface area (Å²) in [7, 11) is 0. The first-order chi connectivity index (χ1) is 15.6. The third kappa shape index (κ3) is 3.44. The summed E-state index contributed by atoms with van der Waals surface area (Å²) in [5, 5.41) is 0. The number of nitrogens with zero attached hydrogens (tertiary/aromatic N) is 2. The molecule has 4 nitrogen and oxygen atoms in total. The SMILES string of the molecule is O=C(c1ccc(-c2ccccc2)cc1)N1CCN(C(=O)C23CC4CC(CC(C4)C2)C3)CC1. The van der Waals surface area contributed by atoms with Gasteiger partial charge in [-0.1, -0.05) is 42.5 Å². The zero-order chi connectivity index (χ0) is 21.7. The largest absolute Gasteiger partial charge is 0.339 e. The zero-order valence-corrected chi connectivity index (χ0v) is 18.7. The monoisotopic (exact) mass is 428 g/mol. The Hall–Kier alpha value is -2.62. The van der Waals surface area contributed by atoms with Crippen LogP contribution < -0.4 is 0 Å². The van der Waals surface area contributed by atoms with Crippen LogP contribution in [0.3, 0.4) is 0 Å². The summed E-state index contributed by atoms with van der Waals surface area (Å²) in [6.45, 7) is 2.62. The van der Waals surface area contributed by atoms with Gasteiger partial charge in [0.25, 0.3) is 5.91 Å². The maximum absolute atomic E-state index is 13.6. The summed E-state index contributed by atoms with van der Waals surface area (Å²) >= 11 is 0. The molecule has 2 amide bonds. The number of hydrogen-bond donors (Lipinski definition) is 0. The number of hydrogen-bond acceptors (Lipinski definition) is 2. The average molecular weight is 429 g/mol. The molecule has 0 N–H and O–H groups in total. The van der Waals surface area contributed by atoms with E-state index < -0.39 is 0 Å². The minimum atomic E-state index is -0.0752. The summed E-state index contributed by atoms with van der Waals surface area (Å²) in [4.78, 5) is 30.7. The van der Waals surface area contributed by atoms with Crippen LogP contribution in [0.1, 0.15) is 48.9 Å². The molecule has 2 aromatic rings. The maximum Gasteiger partial charge on any atom is 0.253 e. The number of amides is 2. The van der Waals surface area contributed by atoms with Crippen molar-refractivity contribution < 1.29 is 9.59 Å². The second-order valence-electron chi connectivity index (χ2n) is 10.7. The first kappa shape index (κ1) is 20.0. The second kappa shape index (κ2) is 7.75. The van der Waals surface area contributed by atoms with Crippen LogP contribution in [0.2, 0.25) is 0 Å². The van der Waals surface area contributed by atoms with E-state index in [0.717, 1.165) is 53.7 Å². The van der Waals surface area contributed by atoms with Crippen molar-refractivity contribution in [3.8, 4) is 11.1 Å². The van der Waals surface area contributed by atoms with E-state index in [-0.39, 0.29) is 11.3 Å². The normalized spacial score (nSPS) is 31.1.